The molecule has 0 amide bonds. The second kappa shape index (κ2) is 11.0. The van der Waals surface area contributed by atoms with Crippen molar-refractivity contribution in [3.8, 4) is 0 Å². The number of hydrogen-bond acceptors (Lipinski definition) is 3. The fourth-order valence-corrected chi connectivity index (χ4v) is 2.84. The van der Waals surface area contributed by atoms with Crippen LogP contribution < -0.4 is 10.6 Å². The molecule has 0 saturated heterocycles. The fraction of sp³-hybridized carbons (Fsp3) is 0.444. The van der Waals surface area contributed by atoms with Gasteiger partial charge in [0, 0.05) is 18.7 Å². The maximum Gasteiger partial charge on any atom is 0.191 e. The van der Waals surface area contributed by atoms with E-state index >= 15 is 0 Å². The Balaban J connectivity index is 0.00000338. The molecular formula is C18H25Cl2IN4O. The average molecular weight is 511 g/mol. The van der Waals surface area contributed by atoms with E-state index in [0.717, 1.165) is 41.5 Å². The Morgan fingerprint density at radius 3 is 2.58 bits per heavy atom. The van der Waals surface area contributed by atoms with E-state index in [1.165, 1.54) is 0 Å². The second-order valence-corrected chi connectivity index (χ2v) is 6.67. The Kier molecular flexibility index (Phi) is 9.74. The Hall–Kier alpha value is -0.990. The lowest BCUT2D eigenvalue weighted by molar-refractivity contribution is 0.392. The van der Waals surface area contributed by atoms with Crippen molar-refractivity contribution in [3.63, 3.8) is 0 Å². The number of nitrogens with one attached hydrogen (secondary N) is 2. The first kappa shape index (κ1) is 23.0. The lowest BCUT2D eigenvalue weighted by Gasteiger charge is -2.18. The van der Waals surface area contributed by atoms with Gasteiger partial charge in [-0.1, -0.05) is 34.4 Å². The molecule has 0 fully saturated rings. The molecule has 8 heteroatoms. The first-order chi connectivity index (χ1) is 11.9. The van der Waals surface area contributed by atoms with Crippen molar-refractivity contribution in [1.82, 2.24) is 15.8 Å². The summed E-state index contributed by atoms with van der Waals surface area (Å²) in [6.45, 7) is 9.40. The van der Waals surface area contributed by atoms with E-state index in [1.807, 2.05) is 32.9 Å². The molecule has 0 aliphatic heterocycles. The predicted octanol–water partition coefficient (Wildman–Crippen LogP) is 5.08. The summed E-state index contributed by atoms with van der Waals surface area (Å²) in [4.78, 5) is 4.64. The van der Waals surface area contributed by atoms with Gasteiger partial charge in [0.1, 0.15) is 5.76 Å². The van der Waals surface area contributed by atoms with Crippen LogP contribution in [0.5, 0.6) is 0 Å². The second-order valence-electron chi connectivity index (χ2n) is 5.85. The molecule has 0 aliphatic rings. The van der Waals surface area contributed by atoms with Crippen molar-refractivity contribution in [1.29, 1.82) is 0 Å². The number of nitrogens with zero attached hydrogens (tertiary/aromatic N) is 2. The highest BCUT2D eigenvalue weighted by molar-refractivity contribution is 14.0. The summed E-state index contributed by atoms with van der Waals surface area (Å²) in [5, 5.41) is 11.7. The first-order valence-electron chi connectivity index (χ1n) is 8.34. The Morgan fingerprint density at radius 2 is 2.00 bits per heavy atom. The van der Waals surface area contributed by atoms with Gasteiger partial charge < -0.3 is 15.2 Å². The maximum atomic E-state index is 6.11. The number of benzene rings is 1. The highest BCUT2D eigenvalue weighted by atomic mass is 127. The molecule has 2 rings (SSSR count). The minimum Gasteiger partial charge on any atom is -0.361 e. The molecule has 144 valence electrons. The van der Waals surface area contributed by atoms with E-state index < -0.39 is 0 Å². The van der Waals surface area contributed by atoms with E-state index in [4.69, 9.17) is 27.7 Å². The van der Waals surface area contributed by atoms with Crippen molar-refractivity contribution < 1.29 is 4.52 Å². The normalized spacial score (nSPS) is 12.5. The molecular weight excluding hydrogens is 486 g/mol. The molecule has 0 spiro atoms. The molecule has 5 nitrogen and oxygen atoms in total. The van der Waals surface area contributed by atoms with Crippen molar-refractivity contribution in [2.45, 2.75) is 40.2 Å². The number of aryl methyl sites for hydroxylation is 2. The number of aromatic nitrogens is 1. The first-order valence-corrected chi connectivity index (χ1v) is 9.09. The monoisotopic (exact) mass is 510 g/mol. The molecule has 26 heavy (non-hydrogen) atoms. The summed E-state index contributed by atoms with van der Waals surface area (Å²) in [6, 6.07) is 5.68. The lowest BCUT2D eigenvalue weighted by atomic mass is 10.1. The zero-order valence-electron chi connectivity index (χ0n) is 15.4. The number of hydrogen-bond donors (Lipinski definition) is 2. The van der Waals surface area contributed by atoms with Gasteiger partial charge in [-0.05, 0) is 51.8 Å². The van der Waals surface area contributed by atoms with Gasteiger partial charge in [-0.3, -0.25) is 4.99 Å². The van der Waals surface area contributed by atoms with Crippen molar-refractivity contribution in [2.24, 2.45) is 4.99 Å². The highest BCUT2D eigenvalue weighted by Crippen LogP contribution is 2.25. The summed E-state index contributed by atoms with van der Waals surface area (Å²) >= 11 is 12.1. The van der Waals surface area contributed by atoms with Crippen LogP contribution in [0.25, 0.3) is 0 Å². The van der Waals surface area contributed by atoms with Gasteiger partial charge in [-0.15, -0.1) is 24.0 Å². The highest BCUT2D eigenvalue weighted by Gasteiger charge is 2.11. The molecule has 1 atom stereocenters. The third kappa shape index (κ3) is 6.32. The number of guanidine groups is 1. The van der Waals surface area contributed by atoms with Crippen molar-refractivity contribution in [2.75, 3.05) is 13.1 Å². The van der Waals surface area contributed by atoms with Gasteiger partial charge in [-0.25, -0.2) is 0 Å². The van der Waals surface area contributed by atoms with Crippen LogP contribution in [0.2, 0.25) is 10.0 Å². The molecule has 1 aromatic heterocycles. The van der Waals surface area contributed by atoms with Gasteiger partial charge in [0.25, 0.3) is 0 Å². The Bertz CT molecular complexity index is 729. The molecule has 0 bridgehead atoms. The molecule has 0 saturated carbocycles. The number of halogens is 3. The quantitative estimate of drug-likeness (QED) is 0.323. The van der Waals surface area contributed by atoms with Gasteiger partial charge in [0.15, 0.2) is 5.96 Å². The fourth-order valence-electron chi connectivity index (χ4n) is 2.53. The number of aliphatic imine (C=N–C) groups is 1. The Morgan fingerprint density at radius 1 is 1.27 bits per heavy atom. The van der Waals surface area contributed by atoms with E-state index in [9.17, 15) is 0 Å². The SMILES string of the molecule is CCNC(=NCCc1c(C)noc1C)NC(C)c1ccc(Cl)c(Cl)c1.I. The molecule has 0 aliphatic carbocycles. The molecule has 2 N–H and O–H groups in total. The van der Waals surface area contributed by atoms with E-state index in [2.05, 4.69) is 27.7 Å². The zero-order chi connectivity index (χ0) is 18.4. The van der Waals surface area contributed by atoms with Crippen LogP contribution in [0.3, 0.4) is 0 Å². The van der Waals surface area contributed by atoms with Crippen molar-refractivity contribution >= 4 is 53.1 Å². The topological polar surface area (TPSA) is 62.5 Å². The van der Waals surface area contributed by atoms with Gasteiger partial charge in [0.05, 0.1) is 21.8 Å². The Labute approximate surface area is 181 Å². The average Bonchev–Trinajstić information content (AvgIpc) is 2.89. The molecule has 0 radical (unpaired) electrons. The molecule has 1 aromatic carbocycles. The van der Waals surface area contributed by atoms with Gasteiger partial charge >= 0.3 is 0 Å². The van der Waals surface area contributed by atoms with Crippen LogP contribution in [0, 0.1) is 13.8 Å². The van der Waals surface area contributed by atoms with Gasteiger partial charge in [0.2, 0.25) is 0 Å². The molecule has 1 heterocycles. The van der Waals surface area contributed by atoms with Gasteiger partial charge in [-0.2, -0.15) is 0 Å². The summed E-state index contributed by atoms with van der Waals surface area (Å²) < 4.78 is 5.19. The van der Waals surface area contributed by atoms with Crippen LogP contribution in [-0.4, -0.2) is 24.2 Å². The van der Waals surface area contributed by atoms with Crippen molar-refractivity contribution in [3.05, 3.63) is 50.8 Å². The van der Waals surface area contributed by atoms with Crippen LogP contribution >= 0.6 is 47.2 Å². The minimum absolute atomic E-state index is 0. The third-order valence-corrected chi connectivity index (χ3v) is 4.69. The van der Waals surface area contributed by atoms with Crippen LogP contribution in [-0.2, 0) is 6.42 Å². The lowest BCUT2D eigenvalue weighted by Crippen LogP contribution is -2.38. The zero-order valence-corrected chi connectivity index (χ0v) is 19.2. The van der Waals surface area contributed by atoms with Crippen LogP contribution in [0.1, 0.15) is 42.5 Å². The maximum absolute atomic E-state index is 6.11. The van der Waals surface area contributed by atoms with Crippen LogP contribution in [0.4, 0.5) is 0 Å². The molecule has 2 aromatic rings. The third-order valence-electron chi connectivity index (χ3n) is 3.95. The summed E-state index contributed by atoms with van der Waals surface area (Å²) in [5.41, 5.74) is 3.10. The standard InChI is InChI=1S/C18H24Cl2N4O.HI/c1-5-21-18(22-9-8-15-12(3)24-25-13(15)4)23-11(2)14-6-7-16(19)17(20)10-14;/h6-7,10-11H,5,8-9H2,1-4H3,(H2,21,22,23);1H. The van der Waals surface area contributed by atoms with E-state index in [0.29, 0.717) is 16.6 Å². The summed E-state index contributed by atoms with van der Waals surface area (Å²) in [7, 11) is 0. The summed E-state index contributed by atoms with van der Waals surface area (Å²) in [6.07, 6.45) is 0.791. The smallest absolute Gasteiger partial charge is 0.191 e. The number of rotatable bonds is 6. The predicted molar refractivity (Wildman–Crippen MR) is 119 cm³/mol. The minimum atomic E-state index is 0. The molecule has 1 unspecified atom stereocenters. The summed E-state index contributed by atoms with van der Waals surface area (Å²) in [5.74, 6) is 1.61. The largest absolute Gasteiger partial charge is 0.361 e. The van der Waals surface area contributed by atoms with E-state index in [1.54, 1.807) is 6.07 Å². The van der Waals surface area contributed by atoms with E-state index in [-0.39, 0.29) is 30.0 Å². The van der Waals surface area contributed by atoms with Crippen LogP contribution in [0.15, 0.2) is 27.7 Å².